The topological polar surface area (TPSA) is 92.4 Å². The summed E-state index contributed by atoms with van der Waals surface area (Å²) in [5.41, 5.74) is 0.0263. The van der Waals surface area contributed by atoms with E-state index in [0.29, 0.717) is 4.47 Å². The number of benzene rings is 1. The van der Waals surface area contributed by atoms with Crippen molar-refractivity contribution in [1.29, 1.82) is 0 Å². The number of nitrogens with one attached hydrogen (secondary N) is 1. The average Bonchev–Trinajstić information content (AvgIpc) is 3.21. The molecular formula is C15H12BrFN2O4. The summed E-state index contributed by atoms with van der Waals surface area (Å²) in [6.07, 6.45) is 2.62. The fraction of sp³-hybridized carbons (Fsp3) is 0.267. The number of carbonyl (C=O) groups excluding carboxylic acids is 1. The molecule has 3 rings (SSSR count). The van der Waals surface area contributed by atoms with Crippen LogP contribution in [0.2, 0.25) is 0 Å². The third kappa shape index (κ3) is 3.42. The van der Waals surface area contributed by atoms with Gasteiger partial charge in [0, 0.05) is 4.47 Å². The first-order valence-corrected chi connectivity index (χ1v) is 7.69. The van der Waals surface area contributed by atoms with Gasteiger partial charge in [0.05, 0.1) is 5.56 Å². The number of halogens is 2. The second-order valence-corrected chi connectivity index (χ2v) is 6.20. The monoisotopic (exact) mass is 382 g/mol. The summed E-state index contributed by atoms with van der Waals surface area (Å²) < 4.78 is 19.6. The first-order valence-electron chi connectivity index (χ1n) is 6.90. The van der Waals surface area contributed by atoms with Crippen LogP contribution in [-0.4, -0.2) is 28.0 Å². The summed E-state index contributed by atoms with van der Waals surface area (Å²) in [5.74, 6) is -2.37. The molecule has 0 radical (unpaired) electrons. The van der Waals surface area contributed by atoms with Crippen molar-refractivity contribution in [3.05, 3.63) is 40.4 Å². The lowest BCUT2D eigenvalue weighted by Gasteiger charge is -2.11. The van der Waals surface area contributed by atoms with Crippen LogP contribution in [0.4, 0.5) is 4.39 Å². The van der Waals surface area contributed by atoms with Crippen LogP contribution in [-0.2, 0) is 4.79 Å². The summed E-state index contributed by atoms with van der Waals surface area (Å²) in [6, 6.07) is 3.41. The lowest BCUT2D eigenvalue weighted by Crippen LogP contribution is -2.42. The summed E-state index contributed by atoms with van der Waals surface area (Å²) >= 11 is 3.15. The second-order valence-electron chi connectivity index (χ2n) is 5.29. The van der Waals surface area contributed by atoms with Crippen LogP contribution in [0.1, 0.15) is 23.3 Å². The summed E-state index contributed by atoms with van der Waals surface area (Å²) in [7, 11) is 0. The predicted octanol–water partition coefficient (Wildman–Crippen LogP) is 2.84. The Balaban J connectivity index is 1.78. The van der Waals surface area contributed by atoms with Crippen molar-refractivity contribution in [2.45, 2.75) is 18.9 Å². The van der Waals surface area contributed by atoms with Crippen LogP contribution < -0.4 is 5.32 Å². The Morgan fingerprint density at radius 3 is 2.78 bits per heavy atom. The molecule has 120 valence electrons. The fourth-order valence-electron chi connectivity index (χ4n) is 2.19. The number of carboxylic acid groups (broad SMARTS) is 1. The molecule has 1 fully saturated rings. The molecule has 0 spiro atoms. The molecule has 0 saturated heterocycles. The molecule has 1 aliphatic rings. The largest absolute Gasteiger partial charge is 0.480 e. The molecule has 1 aromatic heterocycles. The number of aliphatic carboxylic acids is 1. The number of aromatic nitrogens is 1. The van der Waals surface area contributed by atoms with Crippen LogP contribution in [0.15, 0.2) is 33.4 Å². The van der Waals surface area contributed by atoms with E-state index in [1.165, 1.54) is 12.1 Å². The smallest absolute Gasteiger partial charge is 0.326 e. The number of carboxylic acids is 1. The Hall–Kier alpha value is -2.22. The van der Waals surface area contributed by atoms with Gasteiger partial charge >= 0.3 is 5.97 Å². The number of amides is 1. The number of oxazole rings is 1. The van der Waals surface area contributed by atoms with Gasteiger partial charge in [-0.25, -0.2) is 14.2 Å². The molecule has 2 N–H and O–H groups in total. The zero-order valence-electron chi connectivity index (χ0n) is 11.8. The molecule has 1 heterocycles. The number of nitrogens with zero attached hydrogens (tertiary/aromatic N) is 1. The zero-order chi connectivity index (χ0) is 16.6. The van der Waals surface area contributed by atoms with Crippen molar-refractivity contribution >= 4 is 27.8 Å². The minimum Gasteiger partial charge on any atom is -0.480 e. The summed E-state index contributed by atoms with van der Waals surface area (Å²) in [4.78, 5) is 27.2. The van der Waals surface area contributed by atoms with Crippen molar-refractivity contribution in [2.24, 2.45) is 5.92 Å². The van der Waals surface area contributed by atoms with Crippen LogP contribution in [0.5, 0.6) is 0 Å². The Morgan fingerprint density at radius 1 is 1.43 bits per heavy atom. The maximum atomic E-state index is 13.9. The molecule has 0 aliphatic heterocycles. The number of hydrogen-bond acceptors (Lipinski definition) is 4. The second kappa shape index (κ2) is 6.11. The Bertz CT molecular complexity index is 773. The standard InChI is InChI=1S/C15H12BrFN2O4/c16-8-3-4-9(10(17)5-8)14-18-11(6-23-14)13(20)19-12(15(21)22)7-1-2-7/h3-7,12H,1-2H2,(H,19,20)(H,21,22). The molecule has 2 aromatic rings. The quantitative estimate of drug-likeness (QED) is 0.829. The molecule has 1 amide bonds. The molecule has 0 bridgehead atoms. The third-order valence-electron chi connectivity index (χ3n) is 3.54. The highest BCUT2D eigenvalue weighted by Crippen LogP contribution is 2.33. The Morgan fingerprint density at radius 2 is 2.17 bits per heavy atom. The fourth-order valence-corrected chi connectivity index (χ4v) is 2.52. The molecule has 1 aliphatic carbocycles. The van der Waals surface area contributed by atoms with Gasteiger partial charge in [-0.15, -0.1) is 0 Å². The first-order chi connectivity index (χ1) is 11.0. The van der Waals surface area contributed by atoms with Gasteiger partial charge in [0.25, 0.3) is 5.91 Å². The highest BCUT2D eigenvalue weighted by molar-refractivity contribution is 9.10. The maximum absolute atomic E-state index is 13.9. The third-order valence-corrected chi connectivity index (χ3v) is 4.04. The molecule has 1 atom stereocenters. The van der Waals surface area contributed by atoms with Crippen molar-refractivity contribution < 1.29 is 23.5 Å². The van der Waals surface area contributed by atoms with Gasteiger partial charge in [0.2, 0.25) is 5.89 Å². The summed E-state index contributed by atoms with van der Waals surface area (Å²) in [5, 5.41) is 11.5. The number of hydrogen-bond donors (Lipinski definition) is 2. The van der Waals surface area contributed by atoms with E-state index in [1.807, 2.05) is 0 Å². The predicted molar refractivity (Wildman–Crippen MR) is 81.2 cm³/mol. The first kappa shape index (κ1) is 15.7. The average molecular weight is 383 g/mol. The van der Waals surface area contributed by atoms with Crippen molar-refractivity contribution in [3.63, 3.8) is 0 Å². The van der Waals surface area contributed by atoms with E-state index in [2.05, 4.69) is 26.2 Å². The van der Waals surface area contributed by atoms with Gasteiger partial charge in [0.15, 0.2) is 5.69 Å². The van der Waals surface area contributed by atoms with Gasteiger partial charge in [-0.3, -0.25) is 4.79 Å². The van der Waals surface area contributed by atoms with Crippen LogP contribution in [0, 0.1) is 11.7 Å². The van der Waals surface area contributed by atoms with Crippen LogP contribution in [0.3, 0.4) is 0 Å². The summed E-state index contributed by atoms with van der Waals surface area (Å²) in [6.45, 7) is 0. The lowest BCUT2D eigenvalue weighted by atomic mass is 10.2. The van der Waals surface area contributed by atoms with Crippen molar-refractivity contribution in [2.75, 3.05) is 0 Å². The lowest BCUT2D eigenvalue weighted by molar-refractivity contribution is -0.139. The van der Waals surface area contributed by atoms with E-state index in [0.717, 1.165) is 19.1 Å². The van der Waals surface area contributed by atoms with Gasteiger partial charge in [-0.1, -0.05) is 15.9 Å². The minimum absolute atomic E-state index is 0.0431. The van der Waals surface area contributed by atoms with E-state index in [4.69, 9.17) is 9.52 Å². The van der Waals surface area contributed by atoms with E-state index < -0.39 is 23.7 Å². The molecule has 1 aromatic carbocycles. The van der Waals surface area contributed by atoms with E-state index in [-0.39, 0.29) is 23.1 Å². The highest BCUT2D eigenvalue weighted by atomic mass is 79.9. The highest BCUT2D eigenvalue weighted by Gasteiger charge is 2.37. The van der Waals surface area contributed by atoms with Crippen molar-refractivity contribution in [3.8, 4) is 11.5 Å². The SMILES string of the molecule is O=C(NC(C(=O)O)C1CC1)c1coc(-c2ccc(Br)cc2F)n1. The van der Waals surface area contributed by atoms with Gasteiger partial charge in [-0.05, 0) is 37.0 Å². The van der Waals surface area contributed by atoms with Crippen LogP contribution >= 0.6 is 15.9 Å². The molecule has 1 saturated carbocycles. The van der Waals surface area contributed by atoms with Gasteiger partial charge < -0.3 is 14.8 Å². The van der Waals surface area contributed by atoms with Crippen LogP contribution in [0.25, 0.3) is 11.5 Å². The Kier molecular flexibility index (Phi) is 4.16. The van der Waals surface area contributed by atoms with E-state index in [1.54, 1.807) is 6.07 Å². The number of carbonyl (C=O) groups is 2. The normalized spacial score (nSPS) is 15.2. The molecule has 8 heteroatoms. The van der Waals surface area contributed by atoms with E-state index in [9.17, 15) is 14.0 Å². The molecule has 1 unspecified atom stereocenters. The molecular weight excluding hydrogens is 371 g/mol. The Labute approximate surface area is 138 Å². The van der Waals surface area contributed by atoms with Gasteiger partial charge in [-0.2, -0.15) is 0 Å². The van der Waals surface area contributed by atoms with Crippen molar-refractivity contribution in [1.82, 2.24) is 10.3 Å². The maximum Gasteiger partial charge on any atom is 0.326 e. The van der Waals surface area contributed by atoms with Gasteiger partial charge in [0.1, 0.15) is 18.1 Å². The minimum atomic E-state index is -1.08. The zero-order valence-corrected chi connectivity index (χ0v) is 13.3. The van der Waals surface area contributed by atoms with E-state index >= 15 is 0 Å². The molecule has 23 heavy (non-hydrogen) atoms. The molecule has 6 nitrogen and oxygen atoms in total. The number of rotatable bonds is 5.